The summed E-state index contributed by atoms with van der Waals surface area (Å²) >= 11 is 0. The van der Waals surface area contributed by atoms with E-state index >= 15 is 4.39 Å². The number of rotatable bonds is 1. The molecule has 40 heavy (non-hydrogen) atoms. The van der Waals surface area contributed by atoms with Crippen LogP contribution in [0.15, 0.2) is 104 Å². The molecule has 2 aliphatic rings. The molecule has 2 nitrogen and oxygen atoms in total. The van der Waals surface area contributed by atoms with Crippen LogP contribution in [0.2, 0.25) is 0 Å². The first-order chi connectivity index (χ1) is 19.4. The summed E-state index contributed by atoms with van der Waals surface area (Å²) in [4.78, 5) is 0. The average Bonchev–Trinajstić information content (AvgIpc) is 3.03. The van der Waals surface area contributed by atoms with Crippen LogP contribution in [0.4, 0.5) is 13.2 Å². The number of benzene rings is 3. The maximum Gasteiger partial charge on any atom is 0.249 e. The van der Waals surface area contributed by atoms with Crippen molar-refractivity contribution in [1.82, 2.24) is 0 Å². The van der Waals surface area contributed by atoms with E-state index in [9.17, 15) is 8.78 Å². The molecule has 5 aromatic rings. The highest BCUT2D eigenvalue weighted by Crippen LogP contribution is 2.45. The smallest absolute Gasteiger partial charge is 0.204 e. The van der Waals surface area contributed by atoms with E-state index in [0.717, 1.165) is 45.3 Å². The summed E-state index contributed by atoms with van der Waals surface area (Å²) in [5.74, 6) is -3.81. The Morgan fingerprint density at radius 3 is 2.35 bits per heavy atom. The van der Waals surface area contributed by atoms with Crippen LogP contribution in [0.5, 0.6) is 0 Å². The van der Waals surface area contributed by atoms with E-state index in [0.29, 0.717) is 17.7 Å². The zero-order chi connectivity index (χ0) is 27.5. The maximum absolute atomic E-state index is 15.5. The van der Waals surface area contributed by atoms with Crippen molar-refractivity contribution < 1.29 is 22.3 Å². The first-order valence-electron chi connectivity index (χ1n) is 13.5. The molecule has 3 aromatic carbocycles. The Morgan fingerprint density at radius 1 is 0.775 bits per heavy atom. The Hall–Kier alpha value is -4.51. The molecule has 0 aliphatic carbocycles. The summed E-state index contributed by atoms with van der Waals surface area (Å²) in [5, 5.41) is 0. The van der Waals surface area contributed by atoms with Crippen LogP contribution >= 0.6 is 0 Å². The van der Waals surface area contributed by atoms with Crippen molar-refractivity contribution in [2.24, 2.45) is 0 Å². The summed E-state index contributed by atoms with van der Waals surface area (Å²) < 4.78 is 49.2. The normalized spacial score (nSPS) is 17.4. The van der Waals surface area contributed by atoms with Crippen molar-refractivity contribution >= 4 is 5.70 Å². The van der Waals surface area contributed by atoms with Gasteiger partial charge in [-0.25, -0.2) is 13.2 Å². The lowest BCUT2D eigenvalue weighted by atomic mass is 9.78. The molecule has 0 saturated heterocycles. The first kappa shape index (κ1) is 24.5. The van der Waals surface area contributed by atoms with Gasteiger partial charge in [-0.15, -0.1) is 0 Å². The van der Waals surface area contributed by atoms with Crippen molar-refractivity contribution in [3.8, 4) is 33.6 Å². The topological polar surface area (TPSA) is 7.76 Å². The molecule has 0 N–H and O–H groups in total. The second-order valence-corrected chi connectivity index (χ2v) is 10.7. The average molecular weight is 533 g/mol. The SMILES string of the molecule is C=C1C2C(CCc3c(cc(F)c(F)c3F)-c3cc(C)c(-c4ccccc4)c[n+]31)c1ccccc1-c1cccc[n+]12. The van der Waals surface area contributed by atoms with E-state index in [2.05, 4.69) is 35.5 Å². The van der Waals surface area contributed by atoms with Gasteiger partial charge in [0.2, 0.25) is 23.1 Å². The molecule has 196 valence electrons. The number of aryl methyl sites for hydroxylation is 1. The minimum atomic E-state index is -1.43. The van der Waals surface area contributed by atoms with Crippen LogP contribution < -0.4 is 9.13 Å². The number of allylic oxidation sites excluding steroid dienone is 1. The van der Waals surface area contributed by atoms with Crippen molar-refractivity contribution in [3.05, 3.63) is 138 Å². The molecule has 0 amide bonds. The molecule has 5 heteroatoms. The maximum atomic E-state index is 15.5. The predicted molar refractivity (Wildman–Crippen MR) is 150 cm³/mol. The number of halogens is 3. The number of aromatic nitrogens is 2. The molecule has 0 bridgehead atoms. The fraction of sp³-hybridized carbons (Fsp3) is 0.143. The van der Waals surface area contributed by atoms with Gasteiger partial charge in [-0.05, 0) is 61.2 Å². The molecule has 0 spiro atoms. The standard InChI is InChI=1S/C35H27F3N2/c1-21-18-32-28-19-30(36)34(38)33(37)26(28)15-16-27-24-12-6-7-13-25(24)31-14-8-9-17-39(31)35(27)22(2)40(32)20-29(21)23-10-4-3-5-11-23/h3-14,17-20,27,35H,2,15-16H2,1H3/q+2. The van der Waals surface area contributed by atoms with Crippen LogP contribution in [0.3, 0.4) is 0 Å². The van der Waals surface area contributed by atoms with Gasteiger partial charge in [-0.2, -0.15) is 9.13 Å². The second-order valence-electron chi connectivity index (χ2n) is 10.7. The van der Waals surface area contributed by atoms with Gasteiger partial charge in [0, 0.05) is 34.9 Å². The summed E-state index contributed by atoms with van der Waals surface area (Å²) in [6.07, 6.45) is 4.86. The Bertz CT molecular complexity index is 1830. The minimum absolute atomic E-state index is 0.0658. The van der Waals surface area contributed by atoms with E-state index in [-0.39, 0.29) is 23.9 Å². The highest BCUT2D eigenvalue weighted by Gasteiger charge is 2.47. The molecule has 0 saturated carbocycles. The molecule has 2 atom stereocenters. The highest BCUT2D eigenvalue weighted by molar-refractivity contribution is 5.72. The van der Waals surface area contributed by atoms with E-state index in [1.807, 2.05) is 78.4 Å². The minimum Gasteiger partial charge on any atom is -0.204 e. The summed E-state index contributed by atoms with van der Waals surface area (Å²) in [5.41, 5.74) is 8.19. The Labute approximate surface area is 231 Å². The van der Waals surface area contributed by atoms with Gasteiger partial charge < -0.3 is 0 Å². The number of fused-ring (bicyclic) bond motifs is 9. The lowest BCUT2D eigenvalue weighted by Gasteiger charge is -2.29. The molecular formula is C35H27F3N2+2. The van der Waals surface area contributed by atoms with Gasteiger partial charge >= 0.3 is 0 Å². The molecule has 0 radical (unpaired) electrons. The van der Waals surface area contributed by atoms with Gasteiger partial charge in [-0.1, -0.05) is 48.5 Å². The Kier molecular flexibility index (Phi) is 5.70. The quantitative estimate of drug-likeness (QED) is 0.154. The summed E-state index contributed by atoms with van der Waals surface area (Å²) in [6.45, 7) is 6.62. The van der Waals surface area contributed by atoms with Crippen LogP contribution in [-0.4, -0.2) is 0 Å². The van der Waals surface area contributed by atoms with Crippen molar-refractivity contribution in [1.29, 1.82) is 0 Å². The van der Waals surface area contributed by atoms with E-state index in [1.165, 1.54) is 0 Å². The van der Waals surface area contributed by atoms with Gasteiger partial charge in [0.1, 0.15) is 0 Å². The molecule has 4 heterocycles. The summed E-state index contributed by atoms with van der Waals surface area (Å²) in [6, 6.07) is 27.3. The molecule has 0 fully saturated rings. The van der Waals surface area contributed by atoms with E-state index in [4.69, 9.17) is 0 Å². The van der Waals surface area contributed by atoms with Crippen LogP contribution in [0.25, 0.3) is 39.3 Å². The van der Waals surface area contributed by atoms with E-state index < -0.39 is 17.5 Å². The number of hydrogen-bond acceptors (Lipinski definition) is 0. The van der Waals surface area contributed by atoms with Crippen LogP contribution in [0, 0.1) is 24.4 Å². The third kappa shape index (κ3) is 3.64. The fourth-order valence-corrected chi connectivity index (χ4v) is 6.62. The van der Waals surface area contributed by atoms with Crippen LogP contribution in [-0.2, 0) is 6.42 Å². The Balaban J connectivity index is 1.56. The van der Waals surface area contributed by atoms with Crippen LogP contribution in [0.1, 0.15) is 35.1 Å². The number of pyridine rings is 2. The monoisotopic (exact) mass is 532 g/mol. The van der Waals surface area contributed by atoms with Gasteiger partial charge in [0.25, 0.3) is 0 Å². The van der Waals surface area contributed by atoms with Crippen molar-refractivity contribution in [3.63, 3.8) is 0 Å². The molecule has 2 aromatic heterocycles. The third-order valence-electron chi connectivity index (χ3n) is 8.48. The van der Waals surface area contributed by atoms with Gasteiger partial charge in [-0.3, -0.25) is 0 Å². The number of hydrogen-bond donors (Lipinski definition) is 0. The molecule has 2 unspecified atom stereocenters. The fourth-order valence-electron chi connectivity index (χ4n) is 6.62. The second kappa shape index (κ2) is 9.30. The molecule has 2 aliphatic heterocycles. The molecule has 7 rings (SSSR count). The lowest BCUT2D eigenvalue weighted by Crippen LogP contribution is -2.53. The first-order valence-corrected chi connectivity index (χ1v) is 13.5. The third-order valence-corrected chi connectivity index (χ3v) is 8.48. The zero-order valence-electron chi connectivity index (χ0n) is 22.0. The van der Waals surface area contributed by atoms with E-state index in [1.54, 1.807) is 0 Å². The van der Waals surface area contributed by atoms with Crippen molar-refractivity contribution in [2.75, 3.05) is 0 Å². The highest BCUT2D eigenvalue weighted by atomic mass is 19.2. The largest absolute Gasteiger partial charge is 0.249 e. The number of nitrogens with zero attached hydrogens (tertiary/aromatic N) is 2. The lowest BCUT2D eigenvalue weighted by molar-refractivity contribution is -0.727. The van der Waals surface area contributed by atoms with Crippen molar-refractivity contribution in [2.45, 2.75) is 31.7 Å². The predicted octanol–water partition coefficient (Wildman–Crippen LogP) is 7.74. The molecular weight excluding hydrogens is 505 g/mol. The van der Waals surface area contributed by atoms with Gasteiger partial charge in [0.05, 0.1) is 11.5 Å². The Morgan fingerprint density at radius 2 is 1.52 bits per heavy atom. The summed E-state index contributed by atoms with van der Waals surface area (Å²) in [7, 11) is 0. The van der Waals surface area contributed by atoms with Gasteiger partial charge in [0.15, 0.2) is 29.8 Å². The zero-order valence-corrected chi connectivity index (χ0v) is 22.0.